The second-order valence-corrected chi connectivity index (χ2v) is 5.48. The largest absolute Gasteiger partial charge is 0.349 e. The quantitative estimate of drug-likeness (QED) is 0.821. The molecule has 0 atom stereocenters. The summed E-state index contributed by atoms with van der Waals surface area (Å²) in [5.41, 5.74) is 1.75. The molecule has 2 rings (SSSR count). The predicted octanol–water partition coefficient (Wildman–Crippen LogP) is 3.22. The fraction of sp³-hybridized carbons (Fsp3) is 0.467. The summed E-state index contributed by atoms with van der Waals surface area (Å²) >= 11 is 5.46. The lowest BCUT2D eigenvalue weighted by Gasteiger charge is -2.24. The number of carbonyl (C=O) groups excluding carboxylic acids is 1. The van der Waals surface area contributed by atoms with Gasteiger partial charge in [0.25, 0.3) is 0 Å². The Morgan fingerprint density at radius 1 is 1.00 bits per heavy atom. The van der Waals surface area contributed by atoms with Crippen molar-refractivity contribution in [2.75, 3.05) is 23.7 Å². The molecule has 20 heavy (non-hydrogen) atoms. The molecule has 0 unspecified atom stereocenters. The van der Waals surface area contributed by atoms with Gasteiger partial charge in [-0.05, 0) is 49.3 Å². The van der Waals surface area contributed by atoms with Crippen molar-refractivity contribution in [2.24, 2.45) is 0 Å². The van der Waals surface area contributed by atoms with Gasteiger partial charge in [0.1, 0.15) is 0 Å². The monoisotopic (exact) mass is 291 g/mol. The average molecular weight is 291 g/mol. The Hall–Kier alpha value is -1.62. The van der Waals surface area contributed by atoms with Crippen LogP contribution in [0.2, 0.25) is 0 Å². The molecule has 0 aromatic heterocycles. The maximum Gasteiger partial charge on any atom is 0.221 e. The van der Waals surface area contributed by atoms with E-state index in [-0.39, 0.29) is 5.91 Å². The van der Waals surface area contributed by atoms with E-state index >= 15 is 0 Å². The number of likely N-dealkylation sites (tertiary alicyclic amines) is 1. The highest BCUT2D eigenvalue weighted by Crippen LogP contribution is 2.16. The van der Waals surface area contributed by atoms with E-state index in [1.54, 1.807) is 0 Å². The summed E-state index contributed by atoms with van der Waals surface area (Å²) in [5, 5.41) is 6.80. The van der Waals surface area contributed by atoms with Crippen LogP contribution in [0.4, 0.5) is 11.4 Å². The molecular weight excluding hydrogens is 270 g/mol. The smallest absolute Gasteiger partial charge is 0.221 e. The molecule has 4 nitrogen and oxygen atoms in total. The molecule has 0 spiro atoms. The summed E-state index contributed by atoms with van der Waals surface area (Å²) in [7, 11) is 0. The van der Waals surface area contributed by atoms with Crippen LogP contribution in [0.5, 0.6) is 0 Å². The standard InChI is InChI=1S/C15H21N3OS/c1-12(19)16-13-6-8-14(9-7-13)17-15(20)18-10-4-2-3-5-11-18/h6-9H,2-5,10-11H2,1H3,(H,16,19)(H,17,20). The van der Waals surface area contributed by atoms with Crippen LogP contribution >= 0.6 is 12.2 Å². The molecule has 1 amide bonds. The molecular formula is C15H21N3OS. The first kappa shape index (κ1) is 14.8. The molecule has 5 heteroatoms. The first-order chi connectivity index (χ1) is 9.65. The van der Waals surface area contributed by atoms with Crippen LogP contribution in [0.25, 0.3) is 0 Å². The lowest BCUT2D eigenvalue weighted by molar-refractivity contribution is -0.114. The van der Waals surface area contributed by atoms with E-state index < -0.39 is 0 Å². The number of carbonyl (C=O) groups is 1. The molecule has 2 N–H and O–H groups in total. The zero-order valence-electron chi connectivity index (χ0n) is 11.8. The Kier molecular flexibility index (Phi) is 5.35. The van der Waals surface area contributed by atoms with Crippen molar-refractivity contribution in [2.45, 2.75) is 32.6 Å². The van der Waals surface area contributed by atoms with Crippen molar-refractivity contribution in [3.63, 3.8) is 0 Å². The number of benzene rings is 1. The molecule has 0 aliphatic carbocycles. The van der Waals surface area contributed by atoms with Gasteiger partial charge in [0.2, 0.25) is 5.91 Å². The highest BCUT2D eigenvalue weighted by molar-refractivity contribution is 7.80. The van der Waals surface area contributed by atoms with Crippen molar-refractivity contribution in [1.82, 2.24) is 4.90 Å². The third kappa shape index (κ3) is 4.49. The van der Waals surface area contributed by atoms with Gasteiger partial charge in [0, 0.05) is 31.4 Å². The van der Waals surface area contributed by atoms with Crippen LogP contribution < -0.4 is 10.6 Å². The third-order valence-electron chi connectivity index (χ3n) is 3.35. The molecule has 0 bridgehead atoms. The van der Waals surface area contributed by atoms with Crippen molar-refractivity contribution < 1.29 is 4.79 Å². The van der Waals surface area contributed by atoms with Gasteiger partial charge in [-0.25, -0.2) is 0 Å². The zero-order valence-corrected chi connectivity index (χ0v) is 12.6. The number of hydrogen-bond donors (Lipinski definition) is 2. The van der Waals surface area contributed by atoms with Crippen LogP contribution in [0, 0.1) is 0 Å². The van der Waals surface area contributed by atoms with E-state index in [1.165, 1.54) is 32.6 Å². The molecule has 0 radical (unpaired) electrons. The van der Waals surface area contributed by atoms with Crippen LogP contribution in [0.3, 0.4) is 0 Å². The van der Waals surface area contributed by atoms with Gasteiger partial charge in [-0.15, -0.1) is 0 Å². The summed E-state index contributed by atoms with van der Waals surface area (Å²) < 4.78 is 0. The maximum absolute atomic E-state index is 11.0. The van der Waals surface area contributed by atoms with Crippen molar-refractivity contribution in [1.29, 1.82) is 0 Å². The molecule has 0 saturated carbocycles. The van der Waals surface area contributed by atoms with Crippen LogP contribution in [0.15, 0.2) is 24.3 Å². The van der Waals surface area contributed by atoms with Crippen molar-refractivity contribution >= 4 is 34.6 Å². The van der Waals surface area contributed by atoms with Crippen LogP contribution in [-0.4, -0.2) is 29.0 Å². The Morgan fingerprint density at radius 2 is 1.50 bits per heavy atom. The number of nitrogens with zero attached hydrogens (tertiary/aromatic N) is 1. The van der Waals surface area contributed by atoms with Gasteiger partial charge < -0.3 is 15.5 Å². The van der Waals surface area contributed by atoms with Crippen molar-refractivity contribution in [3.05, 3.63) is 24.3 Å². The maximum atomic E-state index is 11.0. The molecule has 1 aliphatic rings. The summed E-state index contributed by atoms with van der Waals surface area (Å²) in [6.07, 6.45) is 5.02. The highest BCUT2D eigenvalue weighted by Gasteiger charge is 2.12. The predicted molar refractivity (Wildman–Crippen MR) is 87.0 cm³/mol. The number of thiocarbonyl (C=S) groups is 1. The SMILES string of the molecule is CC(=O)Nc1ccc(NC(=S)N2CCCCCC2)cc1. The Balaban J connectivity index is 1.91. The van der Waals surface area contributed by atoms with E-state index in [2.05, 4.69) is 15.5 Å². The molecule has 1 saturated heterocycles. The molecule has 1 aliphatic heterocycles. The molecule has 1 aromatic carbocycles. The zero-order chi connectivity index (χ0) is 14.4. The summed E-state index contributed by atoms with van der Waals surface area (Å²) in [5.74, 6) is -0.0641. The number of amides is 1. The highest BCUT2D eigenvalue weighted by atomic mass is 32.1. The van der Waals surface area contributed by atoms with Gasteiger partial charge >= 0.3 is 0 Å². The molecule has 1 aromatic rings. The number of hydrogen-bond acceptors (Lipinski definition) is 2. The lowest BCUT2D eigenvalue weighted by atomic mass is 10.2. The summed E-state index contributed by atoms with van der Waals surface area (Å²) in [4.78, 5) is 13.2. The normalized spacial score (nSPS) is 15.3. The Labute approximate surface area is 125 Å². The minimum Gasteiger partial charge on any atom is -0.349 e. The van der Waals surface area contributed by atoms with Gasteiger partial charge in [0.05, 0.1) is 0 Å². The Bertz CT molecular complexity index is 465. The molecule has 1 heterocycles. The minimum absolute atomic E-state index is 0.0641. The number of anilines is 2. The molecule has 108 valence electrons. The fourth-order valence-corrected chi connectivity index (χ4v) is 2.62. The summed E-state index contributed by atoms with van der Waals surface area (Å²) in [6.45, 7) is 3.58. The van der Waals surface area contributed by atoms with Gasteiger partial charge in [-0.3, -0.25) is 4.79 Å². The van der Waals surface area contributed by atoms with E-state index in [0.717, 1.165) is 29.6 Å². The summed E-state index contributed by atoms with van der Waals surface area (Å²) in [6, 6.07) is 7.59. The van der Waals surface area contributed by atoms with E-state index in [4.69, 9.17) is 12.2 Å². The van der Waals surface area contributed by atoms with Crippen LogP contribution in [-0.2, 0) is 4.79 Å². The fourth-order valence-electron chi connectivity index (χ4n) is 2.32. The minimum atomic E-state index is -0.0641. The molecule has 1 fully saturated rings. The van der Waals surface area contributed by atoms with E-state index in [9.17, 15) is 4.79 Å². The number of nitrogens with one attached hydrogen (secondary N) is 2. The first-order valence-corrected chi connectivity index (χ1v) is 7.49. The second kappa shape index (κ2) is 7.24. The third-order valence-corrected chi connectivity index (χ3v) is 3.71. The average Bonchev–Trinajstić information content (AvgIpc) is 2.69. The Morgan fingerprint density at radius 3 is 2.00 bits per heavy atom. The van der Waals surface area contributed by atoms with Gasteiger partial charge in [-0.2, -0.15) is 0 Å². The topological polar surface area (TPSA) is 44.4 Å². The number of rotatable bonds is 2. The van der Waals surface area contributed by atoms with Crippen molar-refractivity contribution in [3.8, 4) is 0 Å². The van der Waals surface area contributed by atoms with E-state index in [0.29, 0.717) is 0 Å². The second-order valence-electron chi connectivity index (χ2n) is 5.09. The van der Waals surface area contributed by atoms with Crippen LogP contribution in [0.1, 0.15) is 32.6 Å². The van der Waals surface area contributed by atoms with E-state index in [1.807, 2.05) is 24.3 Å². The van der Waals surface area contributed by atoms with Gasteiger partial charge in [0.15, 0.2) is 5.11 Å². The first-order valence-electron chi connectivity index (χ1n) is 7.09. The lowest BCUT2D eigenvalue weighted by Crippen LogP contribution is -2.35. The van der Waals surface area contributed by atoms with Gasteiger partial charge in [-0.1, -0.05) is 12.8 Å².